The summed E-state index contributed by atoms with van der Waals surface area (Å²) in [5.74, 6) is -1.60. The number of phenolic OH excluding ortho intramolecular Hbond substituents is 2. The maximum atomic E-state index is 12.5. The van der Waals surface area contributed by atoms with Crippen LogP contribution < -0.4 is 5.32 Å². The van der Waals surface area contributed by atoms with Gasteiger partial charge >= 0.3 is 5.97 Å². The Bertz CT molecular complexity index is 840. The quantitative estimate of drug-likeness (QED) is 0.433. The Balaban J connectivity index is 1.70. The van der Waals surface area contributed by atoms with Gasteiger partial charge in [-0.1, -0.05) is 49.9 Å². The van der Waals surface area contributed by atoms with Gasteiger partial charge in [0.2, 0.25) is 0 Å². The number of aromatic hydroxyl groups is 2. The second kappa shape index (κ2) is 8.29. The van der Waals surface area contributed by atoms with Crippen LogP contribution in [0, 0.1) is 0 Å². The van der Waals surface area contributed by atoms with Gasteiger partial charge in [-0.15, -0.1) is 0 Å². The molecule has 0 saturated heterocycles. The van der Waals surface area contributed by atoms with Crippen molar-refractivity contribution in [3.63, 3.8) is 0 Å². The summed E-state index contributed by atoms with van der Waals surface area (Å²) >= 11 is 0. The molecule has 0 unspecified atom stereocenters. The van der Waals surface area contributed by atoms with Gasteiger partial charge in [0.05, 0.1) is 0 Å². The van der Waals surface area contributed by atoms with E-state index in [2.05, 4.69) is 5.32 Å². The van der Waals surface area contributed by atoms with Crippen molar-refractivity contribution in [3.8, 4) is 11.5 Å². The van der Waals surface area contributed by atoms with E-state index in [-0.39, 0.29) is 29.0 Å². The van der Waals surface area contributed by atoms with E-state index in [9.17, 15) is 19.8 Å². The molecule has 0 aliphatic heterocycles. The van der Waals surface area contributed by atoms with Crippen LogP contribution in [0.3, 0.4) is 0 Å². The third-order valence-corrected chi connectivity index (χ3v) is 5.07. The van der Waals surface area contributed by atoms with E-state index in [1.165, 1.54) is 19.8 Å². The highest BCUT2D eigenvalue weighted by Gasteiger charge is 2.25. The van der Waals surface area contributed by atoms with Gasteiger partial charge in [-0.05, 0) is 25.8 Å². The molecule has 27 heavy (non-hydrogen) atoms. The SMILES string of the molecule is C[C@@H](OC(=O)c1cc(O)c2ccccc2c1O)C(=O)NC1CCCCCC1. The molecule has 0 bridgehead atoms. The fourth-order valence-corrected chi connectivity index (χ4v) is 3.52. The minimum atomic E-state index is -0.992. The molecule has 1 aliphatic carbocycles. The first-order chi connectivity index (χ1) is 13.0. The number of ether oxygens (including phenoxy) is 1. The third-order valence-electron chi connectivity index (χ3n) is 5.07. The zero-order chi connectivity index (χ0) is 19.4. The monoisotopic (exact) mass is 371 g/mol. The number of esters is 1. The Labute approximate surface area is 158 Å². The molecular formula is C21H25NO5. The van der Waals surface area contributed by atoms with Gasteiger partial charge in [-0.2, -0.15) is 0 Å². The molecule has 0 radical (unpaired) electrons. The van der Waals surface area contributed by atoms with E-state index in [1.807, 2.05) is 0 Å². The van der Waals surface area contributed by atoms with Crippen LogP contribution in [0.2, 0.25) is 0 Å². The van der Waals surface area contributed by atoms with Crippen molar-refractivity contribution < 1.29 is 24.5 Å². The molecule has 2 aromatic carbocycles. The second-order valence-corrected chi connectivity index (χ2v) is 7.08. The van der Waals surface area contributed by atoms with Gasteiger partial charge in [0.1, 0.15) is 17.1 Å². The molecule has 1 amide bonds. The molecule has 6 heteroatoms. The summed E-state index contributed by atoms with van der Waals surface area (Å²) in [6, 6.07) is 7.93. The van der Waals surface area contributed by atoms with E-state index in [0.717, 1.165) is 31.7 Å². The fourth-order valence-electron chi connectivity index (χ4n) is 3.52. The Morgan fingerprint density at radius 2 is 1.70 bits per heavy atom. The maximum Gasteiger partial charge on any atom is 0.342 e. The molecule has 1 fully saturated rings. The summed E-state index contributed by atoms with van der Waals surface area (Å²) in [6.45, 7) is 1.50. The molecule has 1 aliphatic rings. The van der Waals surface area contributed by atoms with E-state index in [4.69, 9.17) is 4.74 Å². The van der Waals surface area contributed by atoms with Crippen LogP contribution in [0.4, 0.5) is 0 Å². The molecule has 0 heterocycles. The molecular weight excluding hydrogens is 346 g/mol. The van der Waals surface area contributed by atoms with E-state index in [1.54, 1.807) is 24.3 Å². The number of fused-ring (bicyclic) bond motifs is 1. The smallest absolute Gasteiger partial charge is 0.342 e. The second-order valence-electron chi connectivity index (χ2n) is 7.08. The molecule has 1 saturated carbocycles. The van der Waals surface area contributed by atoms with Crippen LogP contribution in [0.5, 0.6) is 11.5 Å². The number of hydrogen-bond acceptors (Lipinski definition) is 5. The Morgan fingerprint density at radius 3 is 2.37 bits per heavy atom. The summed E-state index contributed by atoms with van der Waals surface area (Å²) < 4.78 is 5.23. The molecule has 3 N–H and O–H groups in total. The van der Waals surface area contributed by atoms with Crippen LogP contribution in [-0.4, -0.2) is 34.2 Å². The number of phenols is 2. The van der Waals surface area contributed by atoms with Gasteiger partial charge in [-0.3, -0.25) is 4.79 Å². The van der Waals surface area contributed by atoms with Crippen molar-refractivity contribution in [2.24, 2.45) is 0 Å². The summed E-state index contributed by atoms with van der Waals surface area (Å²) in [5.41, 5.74) is -0.166. The minimum Gasteiger partial charge on any atom is -0.507 e. The lowest BCUT2D eigenvalue weighted by Gasteiger charge is -2.20. The molecule has 2 aromatic rings. The number of carbonyl (C=O) groups excluding carboxylic acids is 2. The van der Waals surface area contributed by atoms with Crippen molar-refractivity contribution in [2.75, 3.05) is 0 Å². The van der Waals surface area contributed by atoms with Crippen LogP contribution in [0.25, 0.3) is 10.8 Å². The summed E-state index contributed by atoms with van der Waals surface area (Å²) in [6.07, 6.45) is 5.42. The van der Waals surface area contributed by atoms with Gasteiger partial charge < -0.3 is 20.3 Å². The zero-order valence-corrected chi connectivity index (χ0v) is 15.4. The lowest BCUT2D eigenvalue weighted by Crippen LogP contribution is -2.41. The van der Waals surface area contributed by atoms with Crippen LogP contribution >= 0.6 is 0 Å². The highest BCUT2D eigenvalue weighted by molar-refractivity contribution is 6.04. The Kier molecular flexibility index (Phi) is 5.84. The van der Waals surface area contributed by atoms with Crippen molar-refractivity contribution in [2.45, 2.75) is 57.6 Å². The van der Waals surface area contributed by atoms with Crippen molar-refractivity contribution in [1.82, 2.24) is 5.32 Å². The van der Waals surface area contributed by atoms with Crippen LogP contribution in [0.1, 0.15) is 55.8 Å². The maximum absolute atomic E-state index is 12.5. The van der Waals surface area contributed by atoms with E-state index < -0.39 is 12.1 Å². The Hall–Kier alpha value is -2.76. The highest BCUT2D eigenvalue weighted by Crippen LogP contribution is 2.35. The molecule has 144 valence electrons. The molecule has 0 spiro atoms. The van der Waals surface area contributed by atoms with Gasteiger partial charge in [0, 0.05) is 16.8 Å². The van der Waals surface area contributed by atoms with Gasteiger partial charge in [0.15, 0.2) is 6.10 Å². The summed E-state index contributed by atoms with van der Waals surface area (Å²) in [5, 5.41) is 24.2. The third kappa shape index (κ3) is 4.32. The number of nitrogens with one attached hydrogen (secondary N) is 1. The highest BCUT2D eigenvalue weighted by atomic mass is 16.5. The van der Waals surface area contributed by atoms with Crippen molar-refractivity contribution in [3.05, 3.63) is 35.9 Å². The lowest BCUT2D eigenvalue weighted by atomic mass is 10.0. The molecule has 0 aromatic heterocycles. The van der Waals surface area contributed by atoms with E-state index in [0.29, 0.717) is 10.8 Å². The van der Waals surface area contributed by atoms with Gasteiger partial charge in [-0.25, -0.2) is 4.79 Å². The first kappa shape index (κ1) is 19.0. The predicted octanol–water partition coefficient (Wildman–Crippen LogP) is 3.64. The topological polar surface area (TPSA) is 95.9 Å². The molecule has 3 rings (SSSR count). The number of amides is 1. The normalized spacial score (nSPS) is 16.5. The van der Waals surface area contributed by atoms with Crippen molar-refractivity contribution >= 4 is 22.6 Å². The van der Waals surface area contributed by atoms with Crippen LogP contribution in [0.15, 0.2) is 30.3 Å². The number of rotatable bonds is 4. The first-order valence-corrected chi connectivity index (χ1v) is 9.42. The Morgan fingerprint density at radius 1 is 1.07 bits per heavy atom. The summed E-state index contributed by atoms with van der Waals surface area (Å²) in [4.78, 5) is 24.8. The van der Waals surface area contributed by atoms with Crippen molar-refractivity contribution in [1.29, 1.82) is 0 Å². The standard InChI is InChI=1S/C21H25NO5/c1-13(20(25)22-14-8-4-2-3-5-9-14)27-21(26)17-12-18(23)15-10-6-7-11-16(15)19(17)24/h6-7,10-14,23-24H,2-5,8-9H2,1H3,(H,22,25)/t13-/m1/s1. The summed E-state index contributed by atoms with van der Waals surface area (Å²) in [7, 11) is 0. The van der Waals surface area contributed by atoms with Gasteiger partial charge in [0.25, 0.3) is 5.91 Å². The minimum absolute atomic E-state index is 0.110. The number of hydrogen-bond donors (Lipinski definition) is 3. The average molecular weight is 371 g/mol. The predicted molar refractivity (Wildman–Crippen MR) is 102 cm³/mol. The zero-order valence-electron chi connectivity index (χ0n) is 15.4. The average Bonchev–Trinajstić information content (AvgIpc) is 2.93. The van der Waals surface area contributed by atoms with E-state index >= 15 is 0 Å². The first-order valence-electron chi connectivity index (χ1n) is 9.42. The molecule has 6 nitrogen and oxygen atoms in total. The number of carbonyl (C=O) groups is 2. The fraction of sp³-hybridized carbons (Fsp3) is 0.429. The van der Waals surface area contributed by atoms with Crippen LogP contribution in [-0.2, 0) is 9.53 Å². The lowest BCUT2D eigenvalue weighted by molar-refractivity contribution is -0.129. The largest absolute Gasteiger partial charge is 0.507 e. The number of benzene rings is 2. The molecule has 1 atom stereocenters.